The summed E-state index contributed by atoms with van der Waals surface area (Å²) in [5.41, 5.74) is 16.8. The van der Waals surface area contributed by atoms with Gasteiger partial charge < -0.3 is 36.7 Å². The van der Waals surface area contributed by atoms with Crippen LogP contribution in [0, 0.1) is 6.92 Å². The summed E-state index contributed by atoms with van der Waals surface area (Å²) in [7, 11) is -3.51. The third-order valence-electron chi connectivity index (χ3n) is 16.6. The summed E-state index contributed by atoms with van der Waals surface area (Å²) in [5.74, 6) is 0. The molecule has 464 valence electrons. The average Bonchev–Trinajstić information content (AvgIpc) is 2.13. The van der Waals surface area contributed by atoms with E-state index in [1.165, 1.54) is 27.8 Å². The third kappa shape index (κ3) is 17.0. The van der Waals surface area contributed by atoms with Crippen LogP contribution in [0.4, 0.5) is 0 Å². The van der Waals surface area contributed by atoms with Gasteiger partial charge in [0.25, 0.3) is 0 Å². The molecule has 0 bridgehead atoms. The van der Waals surface area contributed by atoms with Gasteiger partial charge in [0.05, 0.1) is 31.1 Å². The zero-order valence-corrected chi connectivity index (χ0v) is 56.8. The van der Waals surface area contributed by atoms with Crippen molar-refractivity contribution in [2.24, 2.45) is 0 Å². The lowest BCUT2D eigenvalue weighted by molar-refractivity contribution is 0.0786. The highest BCUT2D eigenvalue weighted by molar-refractivity contribution is 6.74. The van der Waals surface area contributed by atoms with Gasteiger partial charge in [-0.05, 0) is 191 Å². The molecule has 8 aromatic heterocycles. The second kappa shape index (κ2) is 27.9. The van der Waals surface area contributed by atoms with E-state index in [1.54, 1.807) is 26.2 Å². The van der Waals surface area contributed by atoms with Crippen molar-refractivity contribution in [2.75, 3.05) is 0 Å². The largest absolute Gasteiger partial charge is 0.413 e. The van der Waals surface area contributed by atoms with Gasteiger partial charge in [0.2, 0.25) is 0 Å². The molecule has 0 aliphatic carbocycles. The molecule has 12 aromatic rings. The maximum absolute atomic E-state index is 10.1. The number of aliphatic hydroxyl groups excluding tert-OH is 1. The zero-order valence-electron chi connectivity index (χ0n) is 52.5. The van der Waals surface area contributed by atoms with Gasteiger partial charge in [-0.15, -0.1) is 0 Å². The van der Waals surface area contributed by atoms with Gasteiger partial charge in [-0.3, -0.25) is 0 Å². The minimum atomic E-state index is -1.77. The molecule has 0 amide bonds. The maximum Gasteiger partial charge on any atom is 0.192 e. The van der Waals surface area contributed by atoms with E-state index in [0.29, 0.717) is 28.7 Å². The van der Waals surface area contributed by atoms with Crippen LogP contribution in [0.15, 0.2) is 195 Å². The number of nitrogens with zero attached hydrogens (tertiary/aromatic N) is 8. The second-order valence-electron chi connectivity index (χ2n) is 25.8. The SMILES string of the molecule is C.CC(C)(C)[Si](C)(C)OCc1cccc(-c2ccc3nc(Cl)cn3c2)c1.CC(C)(O)c1cccc(-c2ccc3nc(Cl)cn3c2)c1.Cc1cn2cc(-c3ccccc3CO[Si](C)(C)C(C)(C)C)ccc2n1.OCc1cccc(-c2ccc3nc(Cl)cn3c2)c1. The predicted molar refractivity (Wildman–Crippen MR) is 374 cm³/mol. The van der Waals surface area contributed by atoms with Crippen molar-refractivity contribution in [1.82, 2.24) is 37.5 Å². The van der Waals surface area contributed by atoms with Gasteiger partial charge in [-0.25, -0.2) is 19.9 Å². The van der Waals surface area contributed by atoms with Crippen molar-refractivity contribution in [3.05, 3.63) is 239 Å². The maximum atomic E-state index is 10.1. The van der Waals surface area contributed by atoms with Crippen LogP contribution in [-0.4, -0.2) is 64.4 Å². The zero-order chi connectivity index (χ0) is 63.3. The summed E-state index contributed by atoms with van der Waals surface area (Å²) in [4.78, 5) is 17.1. The number of aromatic nitrogens is 8. The lowest BCUT2D eigenvalue weighted by atomic mass is 9.95. The highest BCUT2D eigenvalue weighted by atomic mass is 35.5. The Labute approximate surface area is 541 Å². The van der Waals surface area contributed by atoms with Crippen molar-refractivity contribution in [3.63, 3.8) is 0 Å². The lowest BCUT2D eigenvalue weighted by Crippen LogP contribution is -2.40. The molecule has 2 N–H and O–H groups in total. The van der Waals surface area contributed by atoms with E-state index in [-0.39, 0.29) is 24.1 Å². The molecule has 0 aliphatic heterocycles. The van der Waals surface area contributed by atoms with Crippen molar-refractivity contribution in [2.45, 2.75) is 131 Å². The van der Waals surface area contributed by atoms with E-state index >= 15 is 0 Å². The van der Waals surface area contributed by atoms with Gasteiger partial charge in [0, 0.05) is 49.6 Å². The van der Waals surface area contributed by atoms with E-state index in [2.05, 4.69) is 177 Å². The van der Waals surface area contributed by atoms with E-state index in [0.717, 1.165) is 67.2 Å². The van der Waals surface area contributed by atoms with Crippen molar-refractivity contribution >= 4 is 74.0 Å². The first-order valence-electron chi connectivity index (χ1n) is 29.4. The van der Waals surface area contributed by atoms with E-state index in [4.69, 9.17) is 48.8 Å². The van der Waals surface area contributed by atoms with Gasteiger partial charge in [0.1, 0.15) is 38.0 Å². The summed E-state index contributed by atoms with van der Waals surface area (Å²) in [6.45, 7) is 29.8. The summed E-state index contributed by atoms with van der Waals surface area (Å²) >= 11 is 17.7. The Kier molecular flexibility index (Phi) is 21.2. The quantitative estimate of drug-likeness (QED) is 0.116. The molecule has 4 aromatic carbocycles. The van der Waals surface area contributed by atoms with E-state index in [1.807, 2.05) is 118 Å². The fourth-order valence-corrected chi connectivity index (χ4v) is 11.8. The number of benzene rings is 4. The van der Waals surface area contributed by atoms with Crippen LogP contribution in [0.3, 0.4) is 0 Å². The minimum absolute atomic E-state index is 0. The molecule has 0 fully saturated rings. The number of pyridine rings is 4. The minimum Gasteiger partial charge on any atom is -0.413 e. The van der Waals surface area contributed by atoms with Crippen LogP contribution < -0.4 is 0 Å². The molecule has 0 atom stereocenters. The fraction of sp³-hybridized carbons (Fsp3) is 0.278. The molecular formula is C72H83Cl3N8O4Si2. The lowest BCUT2D eigenvalue weighted by Gasteiger charge is -2.36. The van der Waals surface area contributed by atoms with Crippen LogP contribution in [0.2, 0.25) is 51.7 Å². The normalized spacial score (nSPS) is 12.1. The number of hydrogen-bond donors (Lipinski definition) is 2. The Balaban J connectivity index is 0.000000154. The van der Waals surface area contributed by atoms with Crippen LogP contribution >= 0.6 is 34.8 Å². The Morgan fingerprint density at radius 2 is 0.820 bits per heavy atom. The number of rotatable bonds is 12. The van der Waals surface area contributed by atoms with Gasteiger partial charge in [0.15, 0.2) is 16.6 Å². The Morgan fingerprint density at radius 3 is 1.29 bits per heavy atom. The average molecular weight is 1290 g/mol. The Morgan fingerprint density at radius 1 is 0.427 bits per heavy atom. The fourth-order valence-electron chi connectivity index (χ4n) is 9.32. The summed E-state index contributed by atoms with van der Waals surface area (Å²) in [6.07, 6.45) is 15.6. The van der Waals surface area contributed by atoms with Crippen molar-refractivity contribution in [1.29, 1.82) is 0 Å². The summed E-state index contributed by atoms with van der Waals surface area (Å²) in [6, 6.07) is 48.9. The Bertz CT molecular complexity index is 4380. The molecular weight excluding hydrogens is 1200 g/mol. The molecule has 12 rings (SSSR count). The first kappa shape index (κ1) is 67.7. The molecule has 89 heavy (non-hydrogen) atoms. The smallest absolute Gasteiger partial charge is 0.192 e. The Hall–Kier alpha value is -7.22. The van der Waals surface area contributed by atoms with E-state index in [9.17, 15) is 5.11 Å². The molecule has 0 radical (unpaired) electrons. The van der Waals surface area contributed by atoms with Crippen LogP contribution in [0.25, 0.3) is 67.1 Å². The number of hydrogen-bond acceptors (Lipinski definition) is 8. The van der Waals surface area contributed by atoms with Gasteiger partial charge in [-0.1, -0.05) is 163 Å². The van der Waals surface area contributed by atoms with E-state index < -0.39 is 22.2 Å². The molecule has 0 aliphatic rings. The highest BCUT2D eigenvalue weighted by Gasteiger charge is 2.38. The molecule has 0 saturated carbocycles. The number of fused-ring (bicyclic) bond motifs is 4. The molecule has 8 heterocycles. The van der Waals surface area contributed by atoms with Gasteiger partial charge >= 0.3 is 0 Å². The van der Waals surface area contributed by atoms with Crippen LogP contribution in [0.5, 0.6) is 0 Å². The number of aryl methyl sites for hydroxylation is 1. The highest BCUT2D eigenvalue weighted by Crippen LogP contribution is 2.39. The summed E-state index contributed by atoms with van der Waals surface area (Å²) in [5, 5.41) is 21.2. The standard InChI is InChI=1S/C21H28N2OSi.C20H25ClN2OSi.C16H15ClN2O.C14H11ClN2O.CH4/c1-16-13-23-14-17(11-12-20(23)22-16)19-10-8-7-9-18(19)15-24-25(5,6)21(2,3)4;1-20(2,3)25(4,5)24-14-15-7-6-8-16(11-15)17-9-10-19-22-18(21)13-23(19)12-17;1-16(2,20)13-5-3-4-11(8-13)12-6-7-15-18-14(17)10-19(15)9-12;15-13-8-17-7-12(4-5-14(17)16-13)11-3-1-2-10(6-11)9-18;/h7-14H,15H2,1-6H3;6-13H,14H2,1-5H3;3-10,20H,1-2H3;1-8,18H,9H2;1H4. The molecule has 17 heteroatoms. The van der Waals surface area contributed by atoms with Crippen molar-refractivity contribution in [3.8, 4) is 44.5 Å². The molecule has 0 unspecified atom stereocenters. The predicted octanol–water partition coefficient (Wildman–Crippen LogP) is 19.7. The third-order valence-corrected chi connectivity index (χ3v) is 26.1. The number of aliphatic hydroxyl groups is 2. The summed E-state index contributed by atoms with van der Waals surface area (Å²) < 4.78 is 20.6. The first-order chi connectivity index (χ1) is 41.5. The topological polar surface area (TPSA) is 128 Å². The molecule has 0 spiro atoms. The van der Waals surface area contributed by atoms with Crippen LogP contribution in [-0.2, 0) is 34.3 Å². The van der Waals surface area contributed by atoms with Gasteiger partial charge in [-0.2, -0.15) is 0 Å². The van der Waals surface area contributed by atoms with Crippen LogP contribution in [0.1, 0.15) is 90.8 Å². The molecule has 0 saturated heterocycles. The molecule has 12 nitrogen and oxygen atoms in total. The monoisotopic (exact) mass is 1280 g/mol. The number of imidazole rings is 4. The number of halogens is 3. The first-order valence-corrected chi connectivity index (χ1v) is 36.3. The second-order valence-corrected chi connectivity index (χ2v) is 36.5. The van der Waals surface area contributed by atoms with Crippen molar-refractivity contribution < 1.29 is 19.1 Å².